The van der Waals surface area contributed by atoms with Crippen molar-refractivity contribution < 1.29 is 9.53 Å². The summed E-state index contributed by atoms with van der Waals surface area (Å²) in [7, 11) is 0. The summed E-state index contributed by atoms with van der Waals surface area (Å²) in [5, 5.41) is 2.81. The monoisotopic (exact) mass is 348 g/mol. The number of nitrogens with one attached hydrogen (secondary N) is 1. The van der Waals surface area contributed by atoms with Crippen molar-refractivity contribution in [3.8, 4) is 5.75 Å². The first-order valence-corrected chi connectivity index (χ1v) is 7.38. The Labute approximate surface area is 132 Å². The first kappa shape index (κ1) is 15.4. The Kier molecular flexibility index (Phi) is 4.85. The van der Waals surface area contributed by atoms with Crippen LogP contribution in [-0.4, -0.2) is 12.0 Å². The van der Waals surface area contributed by atoms with Gasteiger partial charge < -0.3 is 15.8 Å². The normalized spacial score (nSPS) is 10.5. The van der Waals surface area contributed by atoms with E-state index in [-0.39, 0.29) is 12.0 Å². The van der Waals surface area contributed by atoms with E-state index >= 15 is 0 Å². The molecule has 4 nitrogen and oxygen atoms in total. The number of carbonyl (C=O) groups is 1. The number of rotatable bonds is 4. The Morgan fingerprint density at radius 3 is 2.48 bits per heavy atom. The summed E-state index contributed by atoms with van der Waals surface area (Å²) in [5.74, 6) is 0.524. The van der Waals surface area contributed by atoms with E-state index in [0.717, 1.165) is 5.75 Å². The number of nitrogens with two attached hydrogens (primary N) is 1. The van der Waals surface area contributed by atoms with Crippen molar-refractivity contribution in [2.45, 2.75) is 20.0 Å². The molecule has 2 aromatic carbocycles. The fourth-order valence-electron chi connectivity index (χ4n) is 1.82. The van der Waals surface area contributed by atoms with Crippen molar-refractivity contribution in [2.24, 2.45) is 0 Å². The topological polar surface area (TPSA) is 64.3 Å². The van der Waals surface area contributed by atoms with E-state index in [1.165, 1.54) is 0 Å². The molecule has 0 heterocycles. The van der Waals surface area contributed by atoms with Crippen molar-refractivity contribution in [1.29, 1.82) is 0 Å². The van der Waals surface area contributed by atoms with Gasteiger partial charge in [-0.3, -0.25) is 4.79 Å². The largest absolute Gasteiger partial charge is 0.491 e. The lowest BCUT2D eigenvalue weighted by atomic mass is 10.1. The molecular formula is C16H17BrN2O2. The summed E-state index contributed by atoms with van der Waals surface area (Å²) < 4.78 is 6.26. The van der Waals surface area contributed by atoms with Gasteiger partial charge in [-0.25, -0.2) is 0 Å². The van der Waals surface area contributed by atoms with E-state index < -0.39 is 0 Å². The summed E-state index contributed by atoms with van der Waals surface area (Å²) in [6, 6.07) is 12.5. The second kappa shape index (κ2) is 6.63. The SMILES string of the molecule is CC(C)Oc1ccc(NC(=O)c2cccc(Br)c2N)cc1. The number of halogens is 1. The number of anilines is 2. The van der Waals surface area contributed by atoms with Crippen LogP contribution in [0.1, 0.15) is 24.2 Å². The number of ether oxygens (including phenoxy) is 1. The minimum absolute atomic E-state index is 0.118. The number of carbonyl (C=O) groups excluding carboxylic acids is 1. The van der Waals surface area contributed by atoms with Gasteiger partial charge in [0.15, 0.2) is 0 Å². The second-order valence-electron chi connectivity index (χ2n) is 4.85. The fourth-order valence-corrected chi connectivity index (χ4v) is 2.19. The summed E-state index contributed by atoms with van der Waals surface area (Å²) in [6.07, 6.45) is 0.118. The molecule has 0 fully saturated rings. The van der Waals surface area contributed by atoms with E-state index in [9.17, 15) is 4.79 Å². The third kappa shape index (κ3) is 3.98. The average Bonchev–Trinajstić information content (AvgIpc) is 2.43. The van der Waals surface area contributed by atoms with Crippen LogP contribution >= 0.6 is 15.9 Å². The molecule has 0 unspecified atom stereocenters. The molecule has 0 saturated carbocycles. The molecule has 0 aliphatic rings. The van der Waals surface area contributed by atoms with E-state index in [1.807, 2.05) is 26.0 Å². The van der Waals surface area contributed by atoms with Gasteiger partial charge in [0.05, 0.1) is 17.4 Å². The molecule has 2 rings (SSSR count). The summed E-state index contributed by atoms with van der Waals surface area (Å²) in [5.41, 5.74) is 7.44. The van der Waals surface area contributed by atoms with Crippen molar-refractivity contribution in [3.05, 3.63) is 52.5 Å². The van der Waals surface area contributed by atoms with Gasteiger partial charge in [0.25, 0.3) is 5.91 Å². The maximum absolute atomic E-state index is 12.2. The van der Waals surface area contributed by atoms with Crippen molar-refractivity contribution in [2.75, 3.05) is 11.1 Å². The zero-order valence-electron chi connectivity index (χ0n) is 11.9. The molecule has 0 atom stereocenters. The Morgan fingerprint density at radius 2 is 1.86 bits per heavy atom. The van der Waals surface area contributed by atoms with Gasteiger partial charge in [0, 0.05) is 10.2 Å². The summed E-state index contributed by atoms with van der Waals surface area (Å²) >= 11 is 3.31. The number of hydrogen-bond donors (Lipinski definition) is 2. The molecule has 0 aromatic heterocycles. The highest BCUT2D eigenvalue weighted by atomic mass is 79.9. The molecule has 3 N–H and O–H groups in total. The van der Waals surface area contributed by atoms with Crippen LogP contribution in [0.3, 0.4) is 0 Å². The minimum Gasteiger partial charge on any atom is -0.491 e. The Balaban J connectivity index is 2.11. The zero-order chi connectivity index (χ0) is 15.4. The summed E-state index contributed by atoms with van der Waals surface area (Å²) in [6.45, 7) is 3.93. The third-order valence-electron chi connectivity index (χ3n) is 2.78. The van der Waals surface area contributed by atoms with Gasteiger partial charge in [-0.15, -0.1) is 0 Å². The second-order valence-corrected chi connectivity index (χ2v) is 5.70. The lowest BCUT2D eigenvalue weighted by molar-refractivity contribution is 0.102. The van der Waals surface area contributed by atoms with Crippen molar-refractivity contribution in [1.82, 2.24) is 0 Å². The van der Waals surface area contributed by atoms with Crippen LogP contribution in [0.5, 0.6) is 5.75 Å². The van der Waals surface area contributed by atoms with Crippen LogP contribution in [0.4, 0.5) is 11.4 Å². The Hall–Kier alpha value is -2.01. The highest BCUT2D eigenvalue weighted by Gasteiger charge is 2.11. The number of benzene rings is 2. The third-order valence-corrected chi connectivity index (χ3v) is 3.47. The standard InChI is InChI=1S/C16H17BrN2O2/c1-10(2)21-12-8-6-11(7-9-12)19-16(20)13-4-3-5-14(17)15(13)18/h3-10H,18H2,1-2H3,(H,19,20). The number of hydrogen-bond acceptors (Lipinski definition) is 3. The zero-order valence-corrected chi connectivity index (χ0v) is 13.5. The molecule has 110 valence electrons. The van der Waals surface area contributed by atoms with Gasteiger partial charge in [0.1, 0.15) is 5.75 Å². The maximum Gasteiger partial charge on any atom is 0.257 e. The maximum atomic E-state index is 12.2. The predicted octanol–water partition coefficient (Wildman–Crippen LogP) is 4.07. The molecular weight excluding hydrogens is 332 g/mol. The van der Waals surface area contributed by atoms with Crippen LogP contribution in [0, 0.1) is 0 Å². The molecule has 0 bridgehead atoms. The average molecular weight is 349 g/mol. The lowest BCUT2D eigenvalue weighted by Gasteiger charge is -2.11. The fraction of sp³-hybridized carbons (Fsp3) is 0.188. The quantitative estimate of drug-likeness (QED) is 0.818. The van der Waals surface area contributed by atoms with Crippen LogP contribution in [0.15, 0.2) is 46.9 Å². The highest BCUT2D eigenvalue weighted by Crippen LogP contribution is 2.24. The number of amides is 1. The molecule has 0 radical (unpaired) electrons. The van der Waals surface area contributed by atoms with Crippen molar-refractivity contribution >= 4 is 33.2 Å². The molecule has 0 aliphatic carbocycles. The van der Waals surface area contributed by atoms with Crippen LogP contribution in [0.25, 0.3) is 0 Å². The van der Waals surface area contributed by atoms with E-state index in [1.54, 1.807) is 30.3 Å². The molecule has 2 aromatic rings. The van der Waals surface area contributed by atoms with Gasteiger partial charge in [-0.05, 0) is 66.2 Å². The van der Waals surface area contributed by atoms with Gasteiger partial charge in [-0.2, -0.15) is 0 Å². The molecule has 0 spiro atoms. The highest BCUT2D eigenvalue weighted by molar-refractivity contribution is 9.10. The van der Waals surface area contributed by atoms with E-state index in [0.29, 0.717) is 21.4 Å². The Bertz CT molecular complexity index is 639. The first-order chi connectivity index (χ1) is 9.97. The van der Waals surface area contributed by atoms with Gasteiger partial charge >= 0.3 is 0 Å². The minimum atomic E-state index is -0.244. The first-order valence-electron chi connectivity index (χ1n) is 6.59. The van der Waals surface area contributed by atoms with Crippen molar-refractivity contribution in [3.63, 3.8) is 0 Å². The molecule has 0 saturated heterocycles. The molecule has 21 heavy (non-hydrogen) atoms. The lowest BCUT2D eigenvalue weighted by Crippen LogP contribution is -2.14. The molecule has 0 aliphatic heterocycles. The van der Waals surface area contributed by atoms with Crippen LogP contribution < -0.4 is 15.8 Å². The molecule has 5 heteroatoms. The van der Waals surface area contributed by atoms with E-state index in [4.69, 9.17) is 10.5 Å². The van der Waals surface area contributed by atoms with Crippen LogP contribution in [-0.2, 0) is 0 Å². The predicted molar refractivity (Wildman–Crippen MR) is 88.7 cm³/mol. The smallest absolute Gasteiger partial charge is 0.257 e. The number of nitrogen functional groups attached to an aromatic ring is 1. The number of para-hydroxylation sites is 1. The van der Waals surface area contributed by atoms with Gasteiger partial charge in [0.2, 0.25) is 0 Å². The molecule has 1 amide bonds. The van der Waals surface area contributed by atoms with E-state index in [2.05, 4.69) is 21.2 Å². The summed E-state index contributed by atoms with van der Waals surface area (Å²) in [4.78, 5) is 12.2. The Morgan fingerprint density at radius 1 is 1.19 bits per heavy atom. The van der Waals surface area contributed by atoms with Gasteiger partial charge in [-0.1, -0.05) is 6.07 Å². The van der Waals surface area contributed by atoms with Crippen LogP contribution in [0.2, 0.25) is 0 Å².